The summed E-state index contributed by atoms with van der Waals surface area (Å²) in [6, 6.07) is 8.13. The van der Waals surface area contributed by atoms with Crippen LogP contribution >= 0.6 is 0 Å². The number of hydrogen-bond donors (Lipinski definition) is 1. The molecule has 1 atom stereocenters. The highest BCUT2D eigenvalue weighted by Gasteiger charge is 2.27. The Morgan fingerprint density at radius 1 is 1.21 bits per heavy atom. The van der Waals surface area contributed by atoms with Crippen LogP contribution < -0.4 is 0 Å². The van der Waals surface area contributed by atoms with Crippen molar-refractivity contribution >= 4 is 16.7 Å². The zero-order chi connectivity index (χ0) is 13.2. The largest absolute Gasteiger partial charge is 0.361 e. The second kappa shape index (κ2) is 5.17. The number of piperidine rings is 1. The summed E-state index contributed by atoms with van der Waals surface area (Å²) in [5.74, 6) is 0.242. The molecule has 2 aromatic rings. The van der Waals surface area contributed by atoms with E-state index in [9.17, 15) is 4.79 Å². The SMILES string of the molecule is CC(=O)C(c1c[nH]c2ccccc12)N1CCCCC1. The molecule has 1 saturated heterocycles. The van der Waals surface area contributed by atoms with Gasteiger partial charge >= 0.3 is 0 Å². The molecule has 1 aromatic heterocycles. The molecule has 1 aliphatic heterocycles. The van der Waals surface area contributed by atoms with E-state index in [1.807, 2.05) is 18.3 Å². The fraction of sp³-hybridized carbons (Fsp3) is 0.438. The molecular weight excluding hydrogens is 236 g/mol. The second-order valence-corrected chi connectivity index (χ2v) is 5.40. The number of rotatable bonds is 3. The molecule has 0 bridgehead atoms. The molecule has 0 amide bonds. The van der Waals surface area contributed by atoms with E-state index in [1.165, 1.54) is 24.6 Å². The normalized spacial score (nSPS) is 18.6. The summed E-state index contributed by atoms with van der Waals surface area (Å²) in [6.45, 7) is 3.77. The van der Waals surface area contributed by atoms with Gasteiger partial charge in [-0.3, -0.25) is 9.69 Å². The number of nitrogens with zero attached hydrogens (tertiary/aromatic N) is 1. The third-order valence-electron chi connectivity index (χ3n) is 4.06. The van der Waals surface area contributed by atoms with Crippen molar-refractivity contribution in [3.8, 4) is 0 Å². The Labute approximate surface area is 113 Å². The topological polar surface area (TPSA) is 36.1 Å². The van der Waals surface area contributed by atoms with Gasteiger partial charge < -0.3 is 4.98 Å². The monoisotopic (exact) mass is 256 g/mol. The van der Waals surface area contributed by atoms with Crippen LogP contribution in [0, 0.1) is 0 Å². The molecule has 0 saturated carbocycles. The third-order valence-corrected chi connectivity index (χ3v) is 4.06. The summed E-state index contributed by atoms with van der Waals surface area (Å²) < 4.78 is 0. The van der Waals surface area contributed by atoms with Gasteiger partial charge in [0.05, 0.1) is 6.04 Å². The van der Waals surface area contributed by atoms with Gasteiger partial charge in [0.1, 0.15) is 0 Å². The molecule has 1 fully saturated rings. The minimum Gasteiger partial charge on any atom is -0.361 e. The number of likely N-dealkylation sites (tertiary alicyclic amines) is 1. The van der Waals surface area contributed by atoms with Crippen LogP contribution in [0.25, 0.3) is 10.9 Å². The van der Waals surface area contributed by atoms with Crippen LogP contribution in [0.15, 0.2) is 30.5 Å². The smallest absolute Gasteiger partial charge is 0.151 e. The number of aromatic nitrogens is 1. The first-order chi connectivity index (χ1) is 9.27. The molecule has 100 valence electrons. The Morgan fingerprint density at radius 3 is 2.68 bits per heavy atom. The number of carbonyl (C=O) groups is 1. The van der Waals surface area contributed by atoms with E-state index in [0.717, 1.165) is 24.2 Å². The Balaban J connectivity index is 2.01. The van der Waals surface area contributed by atoms with Crippen LogP contribution in [0.2, 0.25) is 0 Å². The van der Waals surface area contributed by atoms with Crippen molar-refractivity contribution in [3.63, 3.8) is 0 Å². The highest BCUT2D eigenvalue weighted by atomic mass is 16.1. The molecule has 1 aliphatic rings. The summed E-state index contributed by atoms with van der Waals surface area (Å²) in [5, 5.41) is 1.17. The molecule has 0 aliphatic carbocycles. The molecule has 3 nitrogen and oxygen atoms in total. The van der Waals surface area contributed by atoms with Crippen molar-refractivity contribution in [2.75, 3.05) is 13.1 Å². The maximum absolute atomic E-state index is 12.1. The van der Waals surface area contributed by atoms with Crippen LogP contribution in [0.3, 0.4) is 0 Å². The zero-order valence-electron chi connectivity index (χ0n) is 11.4. The van der Waals surface area contributed by atoms with E-state index >= 15 is 0 Å². The van der Waals surface area contributed by atoms with Crippen molar-refractivity contribution in [1.29, 1.82) is 0 Å². The number of Topliss-reactive ketones (excluding diaryl/α,β-unsaturated/α-hetero) is 1. The number of benzene rings is 1. The Morgan fingerprint density at radius 2 is 1.95 bits per heavy atom. The van der Waals surface area contributed by atoms with E-state index in [1.54, 1.807) is 6.92 Å². The highest BCUT2D eigenvalue weighted by Crippen LogP contribution is 2.30. The number of ketones is 1. The van der Waals surface area contributed by atoms with Gasteiger partial charge in [0.2, 0.25) is 0 Å². The molecule has 1 aromatic carbocycles. The van der Waals surface area contributed by atoms with E-state index in [2.05, 4.69) is 22.0 Å². The number of fused-ring (bicyclic) bond motifs is 1. The lowest BCUT2D eigenvalue weighted by Gasteiger charge is -2.33. The number of nitrogens with one attached hydrogen (secondary N) is 1. The van der Waals surface area contributed by atoms with Crippen molar-refractivity contribution in [2.45, 2.75) is 32.2 Å². The van der Waals surface area contributed by atoms with Gasteiger partial charge in [0.25, 0.3) is 0 Å². The molecule has 0 radical (unpaired) electrons. The van der Waals surface area contributed by atoms with Crippen LogP contribution in [0.4, 0.5) is 0 Å². The van der Waals surface area contributed by atoms with E-state index in [4.69, 9.17) is 0 Å². The van der Waals surface area contributed by atoms with Gasteiger partial charge in [0.15, 0.2) is 5.78 Å². The molecule has 3 rings (SSSR count). The molecule has 3 heteroatoms. The first-order valence-electron chi connectivity index (χ1n) is 7.08. The van der Waals surface area contributed by atoms with Gasteiger partial charge in [-0.15, -0.1) is 0 Å². The van der Waals surface area contributed by atoms with Crippen molar-refractivity contribution in [3.05, 3.63) is 36.0 Å². The van der Waals surface area contributed by atoms with Gasteiger partial charge in [-0.2, -0.15) is 0 Å². The quantitative estimate of drug-likeness (QED) is 0.914. The van der Waals surface area contributed by atoms with Gasteiger partial charge in [0, 0.05) is 22.7 Å². The van der Waals surface area contributed by atoms with E-state index < -0.39 is 0 Å². The van der Waals surface area contributed by atoms with Crippen LogP contribution in [-0.4, -0.2) is 28.8 Å². The fourth-order valence-corrected chi connectivity index (χ4v) is 3.17. The molecule has 1 N–H and O–H groups in total. The Hall–Kier alpha value is -1.61. The van der Waals surface area contributed by atoms with Gasteiger partial charge in [-0.1, -0.05) is 24.6 Å². The number of para-hydroxylation sites is 1. The van der Waals surface area contributed by atoms with E-state index in [0.29, 0.717) is 0 Å². The highest BCUT2D eigenvalue weighted by molar-refractivity contribution is 5.91. The average molecular weight is 256 g/mol. The van der Waals surface area contributed by atoms with Crippen LogP contribution in [0.5, 0.6) is 0 Å². The number of hydrogen-bond acceptors (Lipinski definition) is 2. The minimum atomic E-state index is -0.0866. The van der Waals surface area contributed by atoms with Crippen LogP contribution in [-0.2, 0) is 4.79 Å². The first-order valence-corrected chi connectivity index (χ1v) is 7.08. The maximum atomic E-state index is 12.1. The van der Waals surface area contributed by atoms with Crippen molar-refractivity contribution < 1.29 is 4.79 Å². The third kappa shape index (κ3) is 2.30. The average Bonchev–Trinajstić information content (AvgIpc) is 2.84. The number of carbonyl (C=O) groups excluding carboxylic acids is 1. The Bertz CT molecular complexity index is 581. The minimum absolute atomic E-state index is 0.0866. The van der Waals surface area contributed by atoms with Gasteiger partial charge in [-0.25, -0.2) is 0 Å². The second-order valence-electron chi connectivity index (χ2n) is 5.40. The van der Waals surface area contributed by atoms with Crippen molar-refractivity contribution in [1.82, 2.24) is 9.88 Å². The summed E-state index contributed by atoms with van der Waals surface area (Å²) in [5.41, 5.74) is 2.24. The number of H-pyrrole nitrogens is 1. The molecule has 2 heterocycles. The molecule has 1 unspecified atom stereocenters. The lowest BCUT2D eigenvalue weighted by atomic mass is 9.98. The molecular formula is C16H20N2O. The summed E-state index contributed by atoms with van der Waals surface area (Å²) in [7, 11) is 0. The summed E-state index contributed by atoms with van der Waals surface area (Å²) >= 11 is 0. The van der Waals surface area contributed by atoms with Crippen molar-refractivity contribution in [2.24, 2.45) is 0 Å². The van der Waals surface area contributed by atoms with Crippen LogP contribution in [0.1, 0.15) is 37.8 Å². The summed E-state index contributed by atoms with van der Waals surface area (Å²) in [4.78, 5) is 17.7. The fourth-order valence-electron chi connectivity index (χ4n) is 3.17. The van der Waals surface area contributed by atoms with Gasteiger partial charge in [-0.05, 0) is 38.9 Å². The predicted octanol–water partition coefficient (Wildman–Crippen LogP) is 3.28. The van der Waals surface area contributed by atoms with E-state index in [-0.39, 0.29) is 11.8 Å². The lowest BCUT2D eigenvalue weighted by molar-refractivity contribution is -0.122. The number of aromatic amines is 1. The molecule has 0 spiro atoms. The standard InChI is InChI=1S/C16H20N2O/c1-12(19)16(18-9-5-2-6-10-18)14-11-17-15-8-4-3-7-13(14)15/h3-4,7-8,11,16-17H,2,5-6,9-10H2,1H3. The summed E-state index contributed by atoms with van der Waals surface area (Å²) in [6.07, 6.45) is 5.69. The lowest BCUT2D eigenvalue weighted by Crippen LogP contribution is -2.37. The molecule has 19 heavy (non-hydrogen) atoms. The Kier molecular flexibility index (Phi) is 3.38. The predicted molar refractivity (Wildman–Crippen MR) is 77.1 cm³/mol. The maximum Gasteiger partial charge on any atom is 0.151 e. The zero-order valence-corrected chi connectivity index (χ0v) is 11.4. The first kappa shape index (κ1) is 12.4.